The van der Waals surface area contributed by atoms with Crippen LogP contribution in [0.3, 0.4) is 0 Å². The molecule has 0 aromatic rings. The summed E-state index contributed by atoms with van der Waals surface area (Å²) < 4.78 is 11.3. The molecule has 1 saturated carbocycles. The third-order valence-corrected chi connectivity index (χ3v) is 3.88. The highest BCUT2D eigenvalue weighted by molar-refractivity contribution is 5.06. The van der Waals surface area contributed by atoms with E-state index < -0.39 is 0 Å². The minimum Gasteiger partial charge on any atom is -0.382 e. The molecule has 0 amide bonds. The van der Waals surface area contributed by atoms with Gasteiger partial charge in [0.25, 0.3) is 0 Å². The van der Waals surface area contributed by atoms with E-state index >= 15 is 0 Å². The molecule has 82 valence electrons. The number of rotatable bonds is 5. The molecular formula is C12H22O2. The number of epoxide rings is 1. The Bertz CT molecular complexity index is 189. The molecule has 0 aromatic heterocycles. The summed E-state index contributed by atoms with van der Waals surface area (Å²) in [6.07, 6.45) is 6.93. The van der Waals surface area contributed by atoms with Crippen LogP contribution in [0.5, 0.6) is 0 Å². The molecule has 3 atom stereocenters. The van der Waals surface area contributed by atoms with Crippen LogP contribution in [0, 0.1) is 5.92 Å². The number of fused-ring (bicyclic) bond motifs is 1. The summed E-state index contributed by atoms with van der Waals surface area (Å²) in [4.78, 5) is 0. The first-order chi connectivity index (χ1) is 6.80. The average molecular weight is 198 g/mol. The Hall–Kier alpha value is -0.0800. The Morgan fingerprint density at radius 1 is 1.43 bits per heavy atom. The van der Waals surface area contributed by atoms with Crippen molar-refractivity contribution in [1.82, 2.24) is 0 Å². The Kier molecular flexibility index (Phi) is 3.13. The molecule has 2 heteroatoms. The van der Waals surface area contributed by atoms with Gasteiger partial charge in [-0.15, -0.1) is 0 Å². The third-order valence-electron chi connectivity index (χ3n) is 3.88. The van der Waals surface area contributed by atoms with Gasteiger partial charge in [-0.05, 0) is 32.1 Å². The minimum atomic E-state index is 0.251. The molecular weight excluding hydrogens is 176 g/mol. The van der Waals surface area contributed by atoms with E-state index in [1.54, 1.807) is 0 Å². The zero-order chi connectivity index (χ0) is 10.0. The highest BCUT2D eigenvalue weighted by Crippen LogP contribution is 2.52. The Balaban J connectivity index is 1.74. The van der Waals surface area contributed by atoms with Gasteiger partial charge in [-0.2, -0.15) is 0 Å². The highest BCUT2D eigenvalue weighted by atomic mass is 16.6. The van der Waals surface area contributed by atoms with Crippen LogP contribution in [-0.2, 0) is 9.47 Å². The molecule has 0 aromatic carbocycles. The van der Waals surface area contributed by atoms with Gasteiger partial charge in [-0.25, -0.2) is 0 Å². The first kappa shape index (κ1) is 10.4. The average Bonchev–Trinajstić information content (AvgIpc) is 2.91. The lowest BCUT2D eigenvalue weighted by Gasteiger charge is -2.23. The summed E-state index contributed by atoms with van der Waals surface area (Å²) in [5.41, 5.74) is 0.251. The number of ether oxygens (including phenoxy) is 2. The first-order valence-electron chi connectivity index (χ1n) is 6.06. The van der Waals surface area contributed by atoms with Gasteiger partial charge >= 0.3 is 0 Å². The second kappa shape index (κ2) is 4.19. The van der Waals surface area contributed by atoms with Crippen molar-refractivity contribution in [1.29, 1.82) is 0 Å². The molecule has 2 fully saturated rings. The second-order valence-electron chi connectivity index (χ2n) is 4.67. The van der Waals surface area contributed by atoms with Crippen LogP contribution in [0.2, 0.25) is 0 Å². The maximum absolute atomic E-state index is 5.86. The van der Waals surface area contributed by atoms with Crippen molar-refractivity contribution in [2.75, 3.05) is 13.2 Å². The van der Waals surface area contributed by atoms with E-state index in [2.05, 4.69) is 13.8 Å². The molecule has 0 radical (unpaired) electrons. The van der Waals surface area contributed by atoms with E-state index in [0.717, 1.165) is 25.6 Å². The number of hydrogen-bond donors (Lipinski definition) is 0. The van der Waals surface area contributed by atoms with Crippen molar-refractivity contribution in [2.45, 2.75) is 57.7 Å². The van der Waals surface area contributed by atoms with E-state index in [-0.39, 0.29) is 5.60 Å². The largest absolute Gasteiger partial charge is 0.382 e. The van der Waals surface area contributed by atoms with Crippen LogP contribution in [-0.4, -0.2) is 24.9 Å². The fourth-order valence-corrected chi connectivity index (χ4v) is 2.71. The Labute approximate surface area is 87.0 Å². The summed E-state index contributed by atoms with van der Waals surface area (Å²) in [5, 5.41) is 0. The molecule has 0 bridgehead atoms. The summed E-state index contributed by atoms with van der Waals surface area (Å²) >= 11 is 0. The predicted molar refractivity (Wildman–Crippen MR) is 56.3 cm³/mol. The zero-order valence-electron chi connectivity index (χ0n) is 9.42. The molecule has 2 rings (SSSR count). The van der Waals surface area contributed by atoms with Crippen molar-refractivity contribution < 1.29 is 9.47 Å². The van der Waals surface area contributed by atoms with Crippen molar-refractivity contribution in [3.8, 4) is 0 Å². The minimum absolute atomic E-state index is 0.251. The second-order valence-corrected chi connectivity index (χ2v) is 4.67. The van der Waals surface area contributed by atoms with Crippen LogP contribution >= 0.6 is 0 Å². The van der Waals surface area contributed by atoms with Gasteiger partial charge in [0.15, 0.2) is 0 Å². The molecule has 1 saturated heterocycles. The van der Waals surface area contributed by atoms with Gasteiger partial charge in [0.1, 0.15) is 0 Å². The maximum Gasteiger partial charge on any atom is 0.0970 e. The van der Waals surface area contributed by atoms with E-state index in [1.807, 2.05) is 0 Å². The zero-order valence-corrected chi connectivity index (χ0v) is 9.42. The Morgan fingerprint density at radius 3 is 2.93 bits per heavy atom. The maximum atomic E-state index is 5.86. The van der Waals surface area contributed by atoms with Gasteiger partial charge in [-0.1, -0.05) is 13.3 Å². The molecule has 14 heavy (non-hydrogen) atoms. The van der Waals surface area contributed by atoms with Gasteiger partial charge < -0.3 is 9.47 Å². The standard InChI is InChI=1S/C12H22O2/c1-3-10-5-6-12(7-8-13-4-2)11(9-10)14-12/h10-11H,3-9H2,1-2H3. The monoisotopic (exact) mass is 198 g/mol. The molecule has 0 N–H and O–H groups in total. The summed E-state index contributed by atoms with van der Waals surface area (Å²) in [7, 11) is 0. The van der Waals surface area contributed by atoms with Crippen molar-refractivity contribution >= 4 is 0 Å². The van der Waals surface area contributed by atoms with Crippen LogP contribution in [0.4, 0.5) is 0 Å². The molecule has 0 spiro atoms. The predicted octanol–water partition coefficient (Wildman–Crippen LogP) is 2.76. The van der Waals surface area contributed by atoms with E-state index in [4.69, 9.17) is 9.47 Å². The normalized spacial score (nSPS) is 40.7. The van der Waals surface area contributed by atoms with Gasteiger partial charge in [0, 0.05) is 19.6 Å². The third kappa shape index (κ3) is 1.96. The summed E-state index contributed by atoms with van der Waals surface area (Å²) in [5.74, 6) is 0.919. The summed E-state index contributed by atoms with van der Waals surface area (Å²) in [6, 6.07) is 0. The molecule has 2 nitrogen and oxygen atoms in total. The lowest BCUT2D eigenvalue weighted by atomic mass is 9.79. The Morgan fingerprint density at radius 2 is 2.29 bits per heavy atom. The van der Waals surface area contributed by atoms with Crippen LogP contribution in [0.25, 0.3) is 0 Å². The van der Waals surface area contributed by atoms with Crippen molar-refractivity contribution in [2.24, 2.45) is 5.92 Å². The summed E-state index contributed by atoms with van der Waals surface area (Å²) in [6.45, 7) is 6.05. The van der Waals surface area contributed by atoms with E-state index in [1.165, 1.54) is 25.7 Å². The quantitative estimate of drug-likeness (QED) is 0.500. The molecule has 3 unspecified atom stereocenters. The fraction of sp³-hybridized carbons (Fsp3) is 1.00. The van der Waals surface area contributed by atoms with Gasteiger partial charge in [0.2, 0.25) is 0 Å². The van der Waals surface area contributed by atoms with Crippen molar-refractivity contribution in [3.63, 3.8) is 0 Å². The molecule has 2 aliphatic rings. The first-order valence-corrected chi connectivity index (χ1v) is 6.06. The smallest absolute Gasteiger partial charge is 0.0970 e. The fourth-order valence-electron chi connectivity index (χ4n) is 2.71. The lowest BCUT2D eigenvalue weighted by Crippen LogP contribution is -2.25. The van der Waals surface area contributed by atoms with Crippen molar-refractivity contribution in [3.05, 3.63) is 0 Å². The lowest BCUT2D eigenvalue weighted by molar-refractivity contribution is 0.116. The SMILES string of the molecule is CCOCCC12CCC(CC)CC1O2. The molecule has 1 heterocycles. The van der Waals surface area contributed by atoms with Gasteiger partial charge in [-0.3, -0.25) is 0 Å². The van der Waals surface area contributed by atoms with E-state index in [0.29, 0.717) is 6.10 Å². The van der Waals surface area contributed by atoms with E-state index in [9.17, 15) is 0 Å². The van der Waals surface area contributed by atoms with Crippen LogP contribution in [0.15, 0.2) is 0 Å². The van der Waals surface area contributed by atoms with Gasteiger partial charge in [0.05, 0.1) is 11.7 Å². The molecule has 1 aliphatic heterocycles. The highest BCUT2D eigenvalue weighted by Gasteiger charge is 2.57. The molecule has 1 aliphatic carbocycles. The number of hydrogen-bond acceptors (Lipinski definition) is 2. The topological polar surface area (TPSA) is 21.8 Å². The van der Waals surface area contributed by atoms with Crippen LogP contribution < -0.4 is 0 Å². The van der Waals surface area contributed by atoms with Crippen LogP contribution in [0.1, 0.15) is 46.0 Å².